The van der Waals surface area contributed by atoms with Crippen LogP contribution in [0.2, 0.25) is 0 Å². The molecule has 0 saturated heterocycles. The first-order valence-corrected chi connectivity index (χ1v) is 13.4. The van der Waals surface area contributed by atoms with Crippen LogP contribution in [0.25, 0.3) is 10.8 Å². The van der Waals surface area contributed by atoms with Gasteiger partial charge in [-0.05, 0) is 90.1 Å². The Labute approximate surface area is 201 Å². The van der Waals surface area contributed by atoms with Crippen molar-refractivity contribution in [2.24, 2.45) is 5.92 Å². The van der Waals surface area contributed by atoms with E-state index in [1.807, 2.05) is 0 Å². The maximum Gasteiger partial charge on any atom is 0.0255 e. The number of benzene rings is 3. The molecule has 4 rings (SSSR count). The molecule has 0 spiro atoms. The molecule has 3 aromatic carbocycles. The van der Waals surface area contributed by atoms with Crippen molar-refractivity contribution in [3.05, 3.63) is 82.9 Å². The SMILES string of the molecule is CCCCCCC[C@H]1CC[C@H](c2ccc(C#Cc3ccc4cc(CC)ccc4c3)cc2)CC1. The molecular formula is C33H40. The minimum atomic E-state index is 0.747. The van der Waals surface area contributed by atoms with Crippen molar-refractivity contribution in [1.82, 2.24) is 0 Å². The molecular weight excluding hydrogens is 396 g/mol. The number of hydrogen-bond acceptors (Lipinski definition) is 0. The fourth-order valence-corrected chi connectivity index (χ4v) is 5.40. The summed E-state index contributed by atoms with van der Waals surface area (Å²) < 4.78 is 0. The number of rotatable bonds is 8. The summed E-state index contributed by atoms with van der Waals surface area (Å²) in [5.74, 6) is 8.46. The topological polar surface area (TPSA) is 0 Å². The van der Waals surface area contributed by atoms with Crippen LogP contribution in [0.15, 0.2) is 60.7 Å². The molecule has 3 aromatic rings. The number of unbranched alkanes of at least 4 members (excludes halogenated alkanes) is 4. The van der Waals surface area contributed by atoms with Gasteiger partial charge in [0, 0.05) is 11.1 Å². The van der Waals surface area contributed by atoms with Crippen molar-refractivity contribution < 1.29 is 0 Å². The van der Waals surface area contributed by atoms with E-state index in [2.05, 4.69) is 86.4 Å². The monoisotopic (exact) mass is 436 g/mol. The predicted octanol–water partition coefficient (Wildman–Crippen LogP) is 9.44. The predicted molar refractivity (Wildman–Crippen MR) is 144 cm³/mol. The van der Waals surface area contributed by atoms with E-state index in [4.69, 9.17) is 0 Å². The number of hydrogen-bond donors (Lipinski definition) is 0. The van der Waals surface area contributed by atoms with Crippen LogP contribution in [0.5, 0.6) is 0 Å². The van der Waals surface area contributed by atoms with E-state index in [1.165, 1.54) is 86.1 Å². The summed E-state index contributed by atoms with van der Waals surface area (Å²) in [5, 5.41) is 2.57. The van der Waals surface area contributed by atoms with Gasteiger partial charge >= 0.3 is 0 Å². The lowest BCUT2D eigenvalue weighted by Crippen LogP contribution is -2.13. The largest absolute Gasteiger partial charge is 0.0654 e. The number of fused-ring (bicyclic) bond motifs is 1. The Hall–Kier alpha value is -2.52. The smallest absolute Gasteiger partial charge is 0.0255 e. The lowest BCUT2D eigenvalue weighted by atomic mass is 9.77. The van der Waals surface area contributed by atoms with Crippen LogP contribution in [-0.4, -0.2) is 0 Å². The quantitative estimate of drug-likeness (QED) is 0.244. The summed E-state index contributed by atoms with van der Waals surface area (Å²) in [6.45, 7) is 4.50. The van der Waals surface area contributed by atoms with E-state index < -0.39 is 0 Å². The van der Waals surface area contributed by atoms with Gasteiger partial charge in [-0.25, -0.2) is 0 Å². The van der Waals surface area contributed by atoms with Gasteiger partial charge in [0.2, 0.25) is 0 Å². The van der Waals surface area contributed by atoms with Gasteiger partial charge in [-0.15, -0.1) is 0 Å². The molecule has 0 nitrogen and oxygen atoms in total. The molecule has 1 aliphatic rings. The fraction of sp³-hybridized carbons (Fsp3) is 0.455. The molecule has 0 amide bonds. The van der Waals surface area contributed by atoms with Gasteiger partial charge in [0.25, 0.3) is 0 Å². The molecule has 172 valence electrons. The standard InChI is InChI=1S/C33H40/c1-3-5-6-7-8-9-27-13-18-30(19-14-27)31-20-15-28(16-21-31)10-11-29-17-23-32-24-26(4-2)12-22-33(32)25-29/h12,15-17,20-25,27,30H,3-9,13-14,18-19H2,1-2H3/t27-,30-. The third-order valence-electron chi connectivity index (χ3n) is 7.61. The Balaban J connectivity index is 1.30. The van der Waals surface area contributed by atoms with Crippen LogP contribution in [0.1, 0.15) is 106 Å². The second kappa shape index (κ2) is 12.1. The van der Waals surface area contributed by atoms with Gasteiger partial charge < -0.3 is 0 Å². The summed E-state index contributed by atoms with van der Waals surface area (Å²) in [7, 11) is 0. The first-order chi connectivity index (χ1) is 16.2. The molecule has 33 heavy (non-hydrogen) atoms. The lowest BCUT2D eigenvalue weighted by molar-refractivity contribution is 0.302. The molecule has 1 fully saturated rings. The molecule has 0 aliphatic heterocycles. The van der Waals surface area contributed by atoms with E-state index in [9.17, 15) is 0 Å². The fourth-order valence-electron chi connectivity index (χ4n) is 5.40. The lowest BCUT2D eigenvalue weighted by Gasteiger charge is -2.29. The van der Waals surface area contributed by atoms with Crippen molar-refractivity contribution in [3.63, 3.8) is 0 Å². The van der Waals surface area contributed by atoms with Gasteiger partial charge in [-0.1, -0.05) is 101 Å². The third kappa shape index (κ3) is 6.74. The minimum Gasteiger partial charge on any atom is -0.0654 e. The Morgan fingerprint density at radius 2 is 1.33 bits per heavy atom. The van der Waals surface area contributed by atoms with Gasteiger partial charge in [0.05, 0.1) is 0 Å². The summed E-state index contributed by atoms with van der Waals surface area (Å²) in [4.78, 5) is 0. The maximum absolute atomic E-state index is 3.37. The highest BCUT2D eigenvalue weighted by molar-refractivity contribution is 5.84. The maximum atomic E-state index is 3.37. The Morgan fingerprint density at radius 3 is 2.09 bits per heavy atom. The Morgan fingerprint density at radius 1 is 0.667 bits per heavy atom. The average Bonchev–Trinajstić information content (AvgIpc) is 2.87. The zero-order valence-electron chi connectivity index (χ0n) is 20.7. The van der Waals surface area contributed by atoms with Crippen molar-refractivity contribution in [3.8, 4) is 11.8 Å². The molecule has 0 N–H and O–H groups in total. The second-order valence-electron chi connectivity index (χ2n) is 10.0. The van der Waals surface area contributed by atoms with Gasteiger partial charge in [0.15, 0.2) is 0 Å². The molecule has 1 aliphatic carbocycles. The first kappa shape index (κ1) is 23.6. The van der Waals surface area contributed by atoms with Crippen molar-refractivity contribution in [2.45, 2.75) is 90.4 Å². The van der Waals surface area contributed by atoms with Crippen molar-refractivity contribution in [2.75, 3.05) is 0 Å². The van der Waals surface area contributed by atoms with Crippen LogP contribution in [0.4, 0.5) is 0 Å². The highest BCUT2D eigenvalue weighted by atomic mass is 14.3. The van der Waals surface area contributed by atoms with E-state index in [1.54, 1.807) is 0 Å². The minimum absolute atomic E-state index is 0.747. The van der Waals surface area contributed by atoms with Crippen LogP contribution < -0.4 is 0 Å². The van der Waals surface area contributed by atoms with Crippen LogP contribution in [0, 0.1) is 17.8 Å². The molecule has 0 atom stereocenters. The zero-order chi connectivity index (χ0) is 22.9. The molecule has 0 bridgehead atoms. The van der Waals surface area contributed by atoms with Crippen LogP contribution in [-0.2, 0) is 6.42 Å². The van der Waals surface area contributed by atoms with E-state index >= 15 is 0 Å². The molecule has 0 heterocycles. The van der Waals surface area contributed by atoms with E-state index in [-0.39, 0.29) is 0 Å². The second-order valence-corrected chi connectivity index (χ2v) is 10.0. The van der Waals surface area contributed by atoms with E-state index in [0.29, 0.717) is 0 Å². The van der Waals surface area contributed by atoms with Crippen LogP contribution in [0.3, 0.4) is 0 Å². The molecule has 0 radical (unpaired) electrons. The van der Waals surface area contributed by atoms with Gasteiger partial charge in [-0.3, -0.25) is 0 Å². The third-order valence-corrected chi connectivity index (χ3v) is 7.61. The highest BCUT2D eigenvalue weighted by Gasteiger charge is 2.21. The summed E-state index contributed by atoms with van der Waals surface area (Å²) in [5.41, 5.74) is 5.10. The molecule has 0 unspecified atom stereocenters. The summed E-state index contributed by atoms with van der Waals surface area (Å²) in [6, 6.07) is 22.4. The van der Waals surface area contributed by atoms with Crippen molar-refractivity contribution >= 4 is 10.8 Å². The van der Waals surface area contributed by atoms with Gasteiger partial charge in [-0.2, -0.15) is 0 Å². The number of aryl methyl sites for hydroxylation is 1. The highest BCUT2D eigenvalue weighted by Crippen LogP contribution is 2.37. The molecule has 1 saturated carbocycles. The molecule has 0 heteroatoms. The Bertz CT molecular complexity index is 1070. The first-order valence-electron chi connectivity index (χ1n) is 13.4. The van der Waals surface area contributed by atoms with Gasteiger partial charge in [0.1, 0.15) is 0 Å². The van der Waals surface area contributed by atoms with Crippen LogP contribution >= 0.6 is 0 Å². The van der Waals surface area contributed by atoms with E-state index in [0.717, 1.165) is 29.4 Å². The molecule has 0 aromatic heterocycles. The van der Waals surface area contributed by atoms with Crippen molar-refractivity contribution in [1.29, 1.82) is 0 Å². The Kier molecular flexibility index (Phi) is 8.65. The zero-order valence-corrected chi connectivity index (χ0v) is 20.7. The summed E-state index contributed by atoms with van der Waals surface area (Å²) in [6.07, 6.45) is 15.2. The summed E-state index contributed by atoms with van der Waals surface area (Å²) >= 11 is 0. The average molecular weight is 437 g/mol. The normalized spacial score (nSPS) is 18.1.